The fraction of sp³-hybridized carbons (Fsp3) is 0.650. The number of nitrogens with zero attached hydrogens (tertiary/aromatic N) is 3. The van der Waals surface area contributed by atoms with Crippen molar-refractivity contribution in [2.75, 3.05) is 19.0 Å². The molecule has 180 valence electrons. The van der Waals surface area contributed by atoms with Gasteiger partial charge in [0, 0.05) is 18.8 Å². The third-order valence-corrected chi connectivity index (χ3v) is 5.32. The van der Waals surface area contributed by atoms with Crippen molar-refractivity contribution in [3.05, 3.63) is 40.8 Å². The first-order chi connectivity index (χ1) is 15.1. The summed E-state index contributed by atoms with van der Waals surface area (Å²) in [4.78, 5) is 24.7. The highest BCUT2D eigenvalue weighted by atomic mass is 35.5. The Hall–Kier alpha value is -1.86. The van der Waals surface area contributed by atoms with E-state index >= 15 is 0 Å². The molecule has 1 aromatic carbocycles. The summed E-state index contributed by atoms with van der Waals surface area (Å²) in [6.07, 6.45) is -9.53. The molecule has 2 amide bonds. The quantitative estimate of drug-likeness (QED) is 0.144. The number of nitroso groups, excluding NO2 is 1. The van der Waals surface area contributed by atoms with Crippen LogP contribution in [0.4, 0.5) is 4.79 Å². The molecular formula is C20H30ClN3O8. The number of aliphatic hydroxyl groups is 5. The summed E-state index contributed by atoms with van der Waals surface area (Å²) in [6, 6.07) is 7.47. The third-order valence-electron chi connectivity index (χ3n) is 5.15. The average molecular weight is 476 g/mol. The Labute approximate surface area is 190 Å². The Morgan fingerprint density at radius 2 is 1.84 bits per heavy atom. The van der Waals surface area contributed by atoms with Gasteiger partial charge in [0.1, 0.15) is 24.4 Å². The molecule has 0 radical (unpaired) electrons. The maximum Gasteiger partial charge on any atom is 0.345 e. The summed E-state index contributed by atoms with van der Waals surface area (Å²) in [5, 5.41) is 56.3. The molecular weight excluding hydrogens is 446 g/mol. The van der Waals surface area contributed by atoms with Crippen molar-refractivity contribution < 1.29 is 35.1 Å². The average Bonchev–Trinajstić information content (AvgIpc) is 2.76. The van der Waals surface area contributed by atoms with Gasteiger partial charge >= 0.3 is 6.03 Å². The molecule has 1 aliphatic heterocycles. The van der Waals surface area contributed by atoms with Gasteiger partial charge in [-0.2, -0.15) is 5.01 Å². The summed E-state index contributed by atoms with van der Waals surface area (Å²) in [6.45, 7) is 3.20. The fourth-order valence-electron chi connectivity index (χ4n) is 3.56. The first-order valence-corrected chi connectivity index (χ1v) is 10.7. The predicted octanol–water partition coefficient (Wildman–Crippen LogP) is 0.0178. The van der Waals surface area contributed by atoms with Crippen LogP contribution in [0.5, 0.6) is 0 Å². The minimum absolute atomic E-state index is 0.0728. The van der Waals surface area contributed by atoms with Gasteiger partial charge in [0.25, 0.3) is 0 Å². The molecule has 0 bridgehead atoms. The van der Waals surface area contributed by atoms with Gasteiger partial charge in [0.05, 0.1) is 11.8 Å². The number of carbonyl (C=O) groups is 1. The van der Waals surface area contributed by atoms with Crippen LogP contribution in [-0.4, -0.2) is 96.9 Å². The lowest BCUT2D eigenvalue weighted by molar-refractivity contribution is -0.362. The maximum absolute atomic E-state index is 12.8. The van der Waals surface area contributed by atoms with Crippen molar-refractivity contribution in [1.82, 2.24) is 9.91 Å². The highest BCUT2D eigenvalue weighted by molar-refractivity contribution is 6.18. The van der Waals surface area contributed by atoms with Gasteiger partial charge in [0.15, 0.2) is 12.0 Å². The largest absolute Gasteiger partial charge is 0.387 e. The lowest BCUT2D eigenvalue weighted by Gasteiger charge is -2.48. The number of hydrogen-bond donors (Lipinski definition) is 5. The summed E-state index contributed by atoms with van der Waals surface area (Å²) in [7, 11) is 0. The van der Waals surface area contributed by atoms with Crippen molar-refractivity contribution in [3.8, 4) is 0 Å². The Morgan fingerprint density at radius 1 is 1.22 bits per heavy atom. The first-order valence-electron chi connectivity index (χ1n) is 10.2. The number of halogens is 1. The van der Waals surface area contributed by atoms with E-state index in [1.165, 1.54) is 0 Å². The van der Waals surface area contributed by atoms with Crippen molar-refractivity contribution >= 4 is 17.6 Å². The number of hydrogen-bond acceptors (Lipinski definition) is 9. The molecule has 0 saturated carbocycles. The molecule has 1 heterocycles. The normalized spacial score (nSPS) is 28.9. The van der Waals surface area contributed by atoms with E-state index in [9.17, 15) is 35.2 Å². The van der Waals surface area contributed by atoms with Crippen LogP contribution in [0.2, 0.25) is 0 Å². The molecule has 11 nitrogen and oxygen atoms in total. The first kappa shape index (κ1) is 26.4. The van der Waals surface area contributed by atoms with Crippen molar-refractivity contribution in [3.63, 3.8) is 0 Å². The number of carbonyl (C=O) groups excluding carboxylic acids is 1. The summed E-state index contributed by atoms with van der Waals surface area (Å²) < 4.78 is 5.52. The van der Waals surface area contributed by atoms with E-state index in [1.54, 1.807) is 44.2 Å². The molecule has 1 fully saturated rings. The zero-order valence-corrected chi connectivity index (χ0v) is 18.6. The predicted molar refractivity (Wildman–Crippen MR) is 114 cm³/mol. The van der Waals surface area contributed by atoms with Crippen LogP contribution in [0.25, 0.3) is 0 Å². The van der Waals surface area contributed by atoms with E-state index in [-0.39, 0.29) is 31.3 Å². The number of alkyl halides is 1. The molecule has 32 heavy (non-hydrogen) atoms. The third kappa shape index (κ3) is 5.93. The molecule has 1 aliphatic rings. The SMILES string of the molecule is CC(C)CN(C(=O)N(CCCl)N=O)C(O)[C@H]1O[C@@](O)(Cc2ccccc2)[C@@H](O)[C@@H](O)[C@@H]1O. The molecule has 0 spiro atoms. The fourth-order valence-corrected chi connectivity index (χ4v) is 3.72. The molecule has 1 aromatic rings. The minimum Gasteiger partial charge on any atom is -0.387 e. The van der Waals surface area contributed by atoms with Crippen molar-refractivity contribution in [2.45, 2.75) is 56.7 Å². The van der Waals surface area contributed by atoms with Crippen molar-refractivity contribution in [1.29, 1.82) is 0 Å². The van der Waals surface area contributed by atoms with Gasteiger partial charge in [-0.25, -0.2) is 4.79 Å². The lowest BCUT2D eigenvalue weighted by Crippen LogP contribution is -2.69. The number of benzene rings is 1. The highest BCUT2D eigenvalue weighted by Gasteiger charge is 2.55. The van der Waals surface area contributed by atoms with Crippen LogP contribution >= 0.6 is 11.6 Å². The monoisotopic (exact) mass is 475 g/mol. The van der Waals surface area contributed by atoms with Crippen LogP contribution in [0.15, 0.2) is 35.6 Å². The molecule has 5 N–H and O–H groups in total. The van der Waals surface area contributed by atoms with E-state index in [0.29, 0.717) is 10.6 Å². The van der Waals surface area contributed by atoms with Crippen LogP contribution in [-0.2, 0) is 11.2 Å². The van der Waals surface area contributed by atoms with Crippen LogP contribution < -0.4 is 0 Å². The Balaban J connectivity index is 2.35. The molecule has 1 unspecified atom stereocenters. The van der Waals surface area contributed by atoms with Crippen LogP contribution in [0, 0.1) is 10.8 Å². The van der Waals surface area contributed by atoms with Gasteiger partial charge < -0.3 is 30.3 Å². The van der Waals surface area contributed by atoms with E-state index < -0.39 is 42.5 Å². The Kier molecular flexibility index (Phi) is 9.34. The maximum atomic E-state index is 12.8. The summed E-state index contributed by atoms with van der Waals surface area (Å²) >= 11 is 5.60. The molecule has 6 atom stereocenters. The van der Waals surface area contributed by atoms with E-state index in [2.05, 4.69) is 5.29 Å². The van der Waals surface area contributed by atoms with Gasteiger partial charge in [-0.3, -0.25) is 4.90 Å². The number of urea groups is 1. The van der Waals surface area contributed by atoms with E-state index in [4.69, 9.17) is 16.3 Å². The summed E-state index contributed by atoms with van der Waals surface area (Å²) in [5.41, 5.74) is 0.555. The zero-order chi connectivity index (χ0) is 24.1. The van der Waals surface area contributed by atoms with Crippen LogP contribution in [0.3, 0.4) is 0 Å². The smallest absolute Gasteiger partial charge is 0.345 e. The van der Waals surface area contributed by atoms with Gasteiger partial charge in [-0.05, 0) is 11.5 Å². The molecule has 0 aliphatic carbocycles. The van der Waals surface area contributed by atoms with Gasteiger partial charge in [-0.1, -0.05) is 44.2 Å². The zero-order valence-electron chi connectivity index (χ0n) is 17.9. The standard InChI is InChI=1S/C20H30ClN3O8/c1-12(2)11-23(19(29)24(22-31)9-8-21)18(28)16-14(25)15(26)17(27)20(30,32-16)10-13-6-4-3-5-7-13/h3-7,12,14-18,25-28,30H,8-11H2,1-2H3/t14-,15-,16-,17-,18?,20-/m0/s1. The van der Waals surface area contributed by atoms with E-state index in [1.807, 2.05) is 0 Å². The second kappa shape index (κ2) is 11.3. The number of aliphatic hydroxyl groups excluding tert-OH is 4. The van der Waals surface area contributed by atoms with Gasteiger partial charge in [0.2, 0.25) is 0 Å². The second-order valence-electron chi connectivity index (χ2n) is 8.15. The molecule has 12 heteroatoms. The Morgan fingerprint density at radius 3 is 2.38 bits per heavy atom. The van der Waals surface area contributed by atoms with Crippen LogP contribution in [0.1, 0.15) is 19.4 Å². The number of rotatable bonds is 9. The Bertz CT molecular complexity index is 758. The lowest BCUT2D eigenvalue weighted by atomic mass is 9.88. The summed E-state index contributed by atoms with van der Waals surface area (Å²) in [5.74, 6) is -2.65. The topological polar surface area (TPSA) is 163 Å². The number of ether oxygens (including phenoxy) is 1. The second-order valence-corrected chi connectivity index (χ2v) is 8.53. The van der Waals surface area contributed by atoms with Crippen molar-refractivity contribution in [2.24, 2.45) is 11.2 Å². The molecule has 0 aromatic heterocycles. The molecule has 1 saturated heterocycles. The number of amides is 2. The van der Waals surface area contributed by atoms with E-state index in [0.717, 1.165) is 4.90 Å². The minimum atomic E-state index is -2.38. The molecule has 2 rings (SSSR count). The van der Waals surface area contributed by atoms with Gasteiger partial charge in [-0.15, -0.1) is 16.5 Å². The highest BCUT2D eigenvalue weighted by Crippen LogP contribution is 2.33.